The third kappa shape index (κ3) is 4.09. The van der Waals surface area contributed by atoms with E-state index in [4.69, 9.17) is 9.47 Å². The molecular formula is C33H32O4. The molecule has 1 fully saturated rings. The molecule has 4 nitrogen and oxygen atoms in total. The van der Waals surface area contributed by atoms with Crippen LogP contribution in [0.2, 0.25) is 0 Å². The molecule has 0 spiro atoms. The maximum Gasteiger partial charge on any atom is 0.115 e. The number of rotatable bonds is 2. The minimum absolute atomic E-state index is 0.0263. The molecule has 0 radical (unpaired) electrons. The van der Waals surface area contributed by atoms with E-state index in [0.717, 1.165) is 24.8 Å². The van der Waals surface area contributed by atoms with Gasteiger partial charge in [0.2, 0.25) is 0 Å². The highest BCUT2D eigenvalue weighted by Crippen LogP contribution is 2.52. The normalized spacial score (nSPS) is 34.3. The zero-order valence-electron chi connectivity index (χ0n) is 20.7. The highest BCUT2D eigenvalue weighted by Gasteiger charge is 2.52. The molecule has 4 heteroatoms. The molecule has 2 aromatic rings. The average Bonchev–Trinajstić information content (AvgIpc) is 3.11. The van der Waals surface area contributed by atoms with E-state index in [0.29, 0.717) is 17.9 Å². The standard InChI is InChI=1S/C33H32O4/c34-25-12-14-27-23(18-25)10-15-29-32(27)31(22-8-6-21(7-9-22)20-4-2-1-3-5-20)33-30(36-29)16-11-24-19-26(35)13-17-28(24)37-33/h1-12,14,18-19,27-35H,13,15-17H2. The van der Waals surface area contributed by atoms with Gasteiger partial charge in [-0.3, -0.25) is 0 Å². The number of aliphatic hydroxyl groups excluding tert-OH is 2. The van der Waals surface area contributed by atoms with Gasteiger partial charge >= 0.3 is 0 Å². The second-order valence-corrected chi connectivity index (χ2v) is 10.9. The van der Waals surface area contributed by atoms with Crippen LogP contribution >= 0.6 is 0 Å². The number of hydrogen-bond acceptors (Lipinski definition) is 4. The Balaban J connectivity index is 1.30. The van der Waals surface area contributed by atoms with Crippen molar-refractivity contribution in [3.63, 3.8) is 0 Å². The summed E-state index contributed by atoms with van der Waals surface area (Å²) in [5, 5.41) is 20.3. The fourth-order valence-corrected chi connectivity index (χ4v) is 7.05. The Hall–Kier alpha value is -3.34. The van der Waals surface area contributed by atoms with Crippen LogP contribution in [0.3, 0.4) is 0 Å². The third-order valence-corrected chi connectivity index (χ3v) is 8.77. The van der Waals surface area contributed by atoms with Crippen LogP contribution in [0.25, 0.3) is 11.1 Å². The fourth-order valence-electron chi connectivity index (χ4n) is 7.05. The Bertz CT molecular complexity index is 1330. The summed E-state index contributed by atoms with van der Waals surface area (Å²) >= 11 is 0. The zero-order valence-corrected chi connectivity index (χ0v) is 20.7. The number of aliphatic hydroxyl groups is 2. The van der Waals surface area contributed by atoms with E-state index < -0.39 is 0 Å². The molecular weight excluding hydrogens is 460 g/mol. The second kappa shape index (κ2) is 9.20. The topological polar surface area (TPSA) is 58.9 Å². The molecule has 1 saturated heterocycles. The first-order valence-electron chi connectivity index (χ1n) is 13.5. The lowest BCUT2D eigenvalue weighted by Crippen LogP contribution is -2.54. The van der Waals surface area contributed by atoms with E-state index in [-0.39, 0.29) is 42.2 Å². The molecule has 0 amide bonds. The summed E-state index contributed by atoms with van der Waals surface area (Å²) in [4.78, 5) is 0. The molecule has 7 unspecified atom stereocenters. The molecule has 0 saturated carbocycles. The number of allylic oxidation sites excluding steroid dienone is 5. The smallest absolute Gasteiger partial charge is 0.115 e. The van der Waals surface area contributed by atoms with Gasteiger partial charge in [-0.25, -0.2) is 0 Å². The largest absolute Gasteiger partial charge is 0.512 e. The van der Waals surface area contributed by atoms with Gasteiger partial charge in [0.05, 0.1) is 30.2 Å². The van der Waals surface area contributed by atoms with Crippen LogP contribution in [0.4, 0.5) is 0 Å². The van der Waals surface area contributed by atoms with E-state index in [2.05, 4.69) is 66.8 Å². The minimum Gasteiger partial charge on any atom is -0.512 e. The van der Waals surface area contributed by atoms with Crippen molar-refractivity contribution in [2.75, 3.05) is 0 Å². The summed E-state index contributed by atoms with van der Waals surface area (Å²) in [7, 11) is 0. The van der Waals surface area contributed by atoms with Crippen molar-refractivity contribution in [1.29, 1.82) is 0 Å². The summed E-state index contributed by atoms with van der Waals surface area (Å²) < 4.78 is 13.8. The van der Waals surface area contributed by atoms with Crippen LogP contribution in [0, 0.1) is 11.8 Å². The van der Waals surface area contributed by atoms with Crippen molar-refractivity contribution in [3.05, 3.63) is 119 Å². The van der Waals surface area contributed by atoms with Crippen molar-refractivity contribution >= 4 is 0 Å². The molecule has 2 aliphatic heterocycles. The predicted molar refractivity (Wildman–Crippen MR) is 144 cm³/mol. The van der Waals surface area contributed by atoms with Crippen LogP contribution in [-0.2, 0) is 9.47 Å². The third-order valence-electron chi connectivity index (χ3n) is 8.77. The Morgan fingerprint density at radius 1 is 0.757 bits per heavy atom. The van der Waals surface area contributed by atoms with Crippen LogP contribution in [0.1, 0.15) is 37.2 Å². The van der Waals surface area contributed by atoms with Gasteiger partial charge in [-0.2, -0.15) is 0 Å². The van der Waals surface area contributed by atoms with Crippen LogP contribution in [0.15, 0.2) is 114 Å². The maximum atomic E-state index is 10.2. The van der Waals surface area contributed by atoms with Gasteiger partial charge in [-0.05, 0) is 65.3 Å². The van der Waals surface area contributed by atoms with E-state index in [1.165, 1.54) is 22.3 Å². The van der Waals surface area contributed by atoms with Crippen molar-refractivity contribution in [2.24, 2.45) is 11.8 Å². The molecule has 3 aliphatic carbocycles. The Kier molecular flexibility index (Phi) is 5.67. The fraction of sp³-hybridized carbons (Fsp3) is 0.333. The summed E-state index contributed by atoms with van der Waals surface area (Å²) in [5.41, 5.74) is 5.94. The Morgan fingerprint density at radius 3 is 2.35 bits per heavy atom. The second-order valence-electron chi connectivity index (χ2n) is 10.9. The Morgan fingerprint density at radius 2 is 1.51 bits per heavy atom. The van der Waals surface area contributed by atoms with E-state index in [9.17, 15) is 10.2 Å². The maximum absolute atomic E-state index is 10.2. The van der Waals surface area contributed by atoms with Gasteiger partial charge in [0.15, 0.2) is 0 Å². The molecule has 188 valence electrons. The van der Waals surface area contributed by atoms with E-state index in [1.807, 2.05) is 24.3 Å². The summed E-state index contributed by atoms with van der Waals surface area (Å²) in [6.07, 6.45) is 15.2. The first-order chi connectivity index (χ1) is 18.1. The molecule has 2 heterocycles. The number of fused-ring (bicyclic) bond motifs is 5. The highest BCUT2D eigenvalue weighted by molar-refractivity contribution is 5.63. The number of hydrogen-bond donors (Lipinski definition) is 2. The average molecular weight is 493 g/mol. The van der Waals surface area contributed by atoms with Crippen LogP contribution < -0.4 is 0 Å². The molecule has 2 aromatic carbocycles. The SMILES string of the molecule is OC1=CC2=CCC3OC4CC=C5C=C(O)CCC5OC4C(c4ccc(-c5ccccc5)cc4)C3C2C=C1. The highest BCUT2D eigenvalue weighted by atomic mass is 16.6. The molecule has 7 atom stereocenters. The molecule has 7 rings (SSSR count). The van der Waals surface area contributed by atoms with Crippen molar-refractivity contribution in [3.8, 4) is 11.1 Å². The zero-order chi connectivity index (χ0) is 24.9. The summed E-state index contributed by atoms with van der Waals surface area (Å²) in [6.45, 7) is 0. The van der Waals surface area contributed by atoms with Crippen LogP contribution in [0.5, 0.6) is 0 Å². The van der Waals surface area contributed by atoms with Gasteiger partial charge in [0, 0.05) is 24.2 Å². The van der Waals surface area contributed by atoms with E-state index >= 15 is 0 Å². The summed E-state index contributed by atoms with van der Waals surface area (Å²) in [5.74, 6) is 1.27. The van der Waals surface area contributed by atoms with Crippen molar-refractivity contribution < 1.29 is 19.7 Å². The monoisotopic (exact) mass is 492 g/mol. The minimum atomic E-state index is -0.0940. The number of benzene rings is 2. The first kappa shape index (κ1) is 22.8. The molecule has 0 aromatic heterocycles. The molecule has 5 aliphatic rings. The first-order valence-corrected chi connectivity index (χ1v) is 13.5. The number of ether oxygens (including phenoxy) is 2. The lowest BCUT2D eigenvalue weighted by atomic mass is 9.63. The van der Waals surface area contributed by atoms with Crippen molar-refractivity contribution in [1.82, 2.24) is 0 Å². The van der Waals surface area contributed by atoms with Crippen molar-refractivity contribution in [2.45, 2.75) is 56.0 Å². The van der Waals surface area contributed by atoms with Gasteiger partial charge in [-0.15, -0.1) is 0 Å². The lowest BCUT2D eigenvalue weighted by Gasteiger charge is -2.51. The van der Waals surface area contributed by atoms with E-state index in [1.54, 1.807) is 0 Å². The summed E-state index contributed by atoms with van der Waals surface area (Å²) in [6, 6.07) is 19.5. The van der Waals surface area contributed by atoms with Gasteiger partial charge in [0.1, 0.15) is 5.76 Å². The van der Waals surface area contributed by atoms with Crippen LogP contribution in [-0.4, -0.2) is 34.6 Å². The van der Waals surface area contributed by atoms with Gasteiger partial charge < -0.3 is 19.7 Å². The van der Waals surface area contributed by atoms with Gasteiger partial charge in [0.25, 0.3) is 0 Å². The lowest BCUT2D eigenvalue weighted by molar-refractivity contribution is -0.187. The van der Waals surface area contributed by atoms with Gasteiger partial charge in [-0.1, -0.05) is 72.8 Å². The molecule has 37 heavy (non-hydrogen) atoms. The Labute approximate surface area is 217 Å². The predicted octanol–water partition coefficient (Wildman–Crippen LogP) is 7.10. The molecule has 0 bridgehead atoms. The quantitative estimate of drug-likeness (QED) is 0.470. The molecule has 2 N–H and O–H groups in total.